The lowest BCUT2D eigenvalue weighted by atomic mass is 10.3. The quantitative estimate of drug-likeness (QED) is 0.567. The smallest absolute Gasteiger partial charge is 0.146 e. The number of pyridine rings is 1. The Morgan fingerprint density at radius 3 is 3.17 bits per heavy atom. The van der Waals surface area contributed by atoms with E-state index in [-0.39, 0.29) is 5.69 Å². The lowest BCUT2D eigenvalue weighted by Crippen LogP contribution is -1.80. The van der Waals surface area contributed by atoms with Gasteiger partial charge in [0.25, 0.3) is 0 Å². The van der Waals surface area contributed by atoms with E-state index in [9.17, 15) is 4.39 Å². The Kier molecular flexibility index (Phi) is 1.27. The molecule has 2 rings (SSSR count). The summed E-state index contributed by atoms with van der Waals surface area (Å²) in [5.41, 5.74) is 0.407. The average molecular weight is 161 g/mol. The van der Waals surface area contributed by atoms with Crippen molar-refractivity contribution >= 4 is 11.0 Å². The number of hydrogen-bond donors (Lipinski definition) is 0. The molecule has 0 bridgehead atoms. The molecule has 2 aromatic heterocycles. The van der Waals surface area contributed by atoms with E-state index in [1.165, 1.54) is 6.07 Å². The average Bonchev–Trinajstić information content (AvgIpc) is 2.46. The maximum absolute atomic E-state index is 12.6. The van der Waals surface area contributed by atoms with Crippen LogP contribution < -0.4 is 5.10 Å². The Balaban J connectivity index is 2.86. The van der Waals surface area contributed by atoms with Crippen LogP contribution in [0.4, 0.5) is 4.39 Å². The molecule has 0 radical (unpaired) electrons. The van der Waals surface area contributed by atoms with Gasteiger partial charge in [-0.3, -0.25) is 0 Å². The van der Waals surface area contributed by atoms with E-state index < -0.39 is 5.82 Å². The van der Waals surface area contributed by atoms with Crippen LogP contribution in [-0.2, 0) is 0 Å². The van der Waals surface area contributed by atoms with Crippen molar-refractivity contribution in [3.63, 3.8) is 0 Å². The fourth-order valence-electron chi connectivity index (χ4n) is 0.920. The molecule has 5 heteroatoms. The van der Waals surface area contributed by atoms with Gasteiger partial charge in [0.2, 0.25) is 0 Å². The molecule has 0 N–H and O–H groups in total. The molecule has 2 heterocycles. The van der Waals surface area contributed by atoms with Crippen LogP contribution in [0.15, 0.2) is 12.3 Å². The van der Waals surface area contributed by atoms with Gasteiger partial charge in [0.05, 0.1) is 0 Å². The van der Waals surface area contributed by atoms with Crippen LogP contribution in [0, 0.1) is 17.1 Å². The first-order valence-electron chi connectivity index (χ1n) is 3.16. The highest BCUT2D eigenvalue weighted by atomic mass is 19.1. The summed E-state index contributed by atoms with van der Waals surface area (Å²) in [6.45, 7) is 0. The SMILES string of the molecule is N#Cc1n[n-]c2ncc(F)cc12. The van der Waals surface area contributed by atoms with Gasteiger partial charge in [-0.2, -0.15) is 5.26 Å². The van der Waals surface area contributed by atoms with Crippen LogP contribution in [0.25, 0.3) is 11.0 Å². The van der Waals surface area contributed by atoms with Crippen LogP contribution >= 0.6 is 0 Å². The van der Waals surface area contributed by atoms with Crippen molar-refractivity contribution in [3.8, 4) is 6.07 Å². The van der Waals surface area contributed by atoms with Gasteiger partial charge >= 0.3 is 0 Å². The third-order valence-electron chi connectivity index (χ3n) is 1.44. The highest BCUT2D eigenvalue weighted by molar-refractivity contribution is 5.79. The lowest BCUT2D eigenvalue weighted by molar-refractivity contribution is 0.624. The largest absolute Gasteiger partial charge is 0.438 e. The van der Waals surface area contributed by atoms with Crippen molar-refractivity contribution in [2.45, 2.75) is 0 Å². The zero-order chi connectivity index (χ0) is 8.55. The first-order valence-corrected chi connectivity index (χ1v) is 3.16. The fourth-order valence-corrected chi connectivity index (χ4v) is 0.920. The molecule has 58 valence electrons. The molecule has 4 nitrogen and oxygen atoms in total. The summed E-state index contributed by atoms with van der Waals surface area (Å²) in [7, 11) is 0. The monoisotopic (exact) mass is 161 g/mol. The Bertz CT molecular complexity index is 468. The van der Waals surface area contributed by atoms with Crippen molar-refractivity contribution < 1.29 is 4.39 Å². The molecular weight excluding hydrogens is 159 g/mol. The van der Waals surface area contributed by atoms with Gasteiger partial charge < -0.3 is 10.1 Å². The van der Waals surface area contributed by atoms with E-state index in [2.05, 4.69) is 15.2 Å². The van der Waals surface area contributed by atoms with Crippen LogP contribution in [0.3, 0.4) is 0 Å². The third kappa shape index (κ3) is 0.820. The fraction of sp³-hybridized carbons (Fsp3) is 0. The second kappa shape index (κ2) is 2.27. The molecule has 0 aliphatic rings. The molecular formula is C7H2FN4-. The minimum atomic E-state index is -0.492. The van der Waals surface area contributed by atoms with Gasteiger partial charge in [0, 0.05) is 5.39 Å². The van der Waals surface area contributed by atoms with E-state index in [0.29, 0.717) is 11.0 Å². The maximum atomic E-state index is 12.6. The molecule has 0 saturated carbocycles. The van der Waals surface area contributed by atoms with E-state index in [0.717, 1.165) is 6.20 Å². The summed E-state index contributed by atoms with van der Waals surface area (Å²) in [6, 6.07) is 2.99. The van der Waals surface area contributed by atoms with Gasteiger partial charge in [0.15, 0.2) is 0 Å². The molecule has 0 aliphatic carbocycles. The summed E-state index contributed by atoms with van der Waals surface area (Å²) in [6.07, 6.45) is 1.04. The molecule has 0 unspecified atom stereocenters. The van der Waals surface area contributed by atoms with Gasteiger partial charge in [-0.25, -0.2) is 9.49 Å². The summed E-state index contributed by atoms with van der Waals surface area (Å²) in [5, 5.41) is 16.0. The van der Waals surface area contributed by atoms with Crippen molar-refractivity contribution in [2.24, 2.45) is 0 Å². The van der Waals surface area contributed by atoms with Gasteiger partial charge in [-0.05, 0) is 17.9 Å². The molecule has 0 amide bonds. The maximum Gasteiger partial charge on any atom is 0.146 e. The van der Waals surface area contributed by atoms with E-state index in [1.807, 2.05) is 0 Å². The Morgan fingerprint density at radius 2 is 2.42 bits per heavy atom. The van der Waals surface area contributed by atoms with E-state index >= 15 is 0 Å². The summed E-state index contributed by atoms with van der Waals surface area (Å²) < 4.78 is 12.6. The Hall–Kier alpha value is -1.96. The second-order valence-corrected chi connectivity index (χ2v) is 2.19. The van der Waals surface area contributed by atoms with Crippen molar-refractivity contribution in [1.29, 1.82) is 5.26 Å². The minimum absolute atomic E-state index is 0.108. The topological polar surface area (TPSA) is 63.7 Å². The number of rotatable bonds is 0. The van der Waals surface area contributed by atoms with Gasteiger partial charge in [-0.15, -0.1) is 0 Å². The lowest BCUT2D eigenvalue weighted by Gasteiger charge is -1.95. The predicted octanol–water partition coefficient (Wildman–Crippen LogP) is 0.598. The summed E-state index contributed by atoms with van der Waals surface area (Å²) in [4.78, 5) is 3.65. The number of fused-ring (bicyclic) bond motifs is 1. The number of halogens is 1. The van der Waals surface area contributed by atoms with Crippen molar-refractivity contribution in [3.05, 3.63) is 23.8 Å². The molecule has 0 aliphatic heterocycles. The molecule has 2 aromatic rings. The molecule has 0 spiro atoms. The standard InChI is InChI=1S/C7H2FN4/c8-4-1-5-6(2-9)11-12-7(5)10-3-4/h1,3H/q-1. The Labute approximate surface area is 66.7 Å². The zero-order valence-corrected chi connectivity index (χ0v) is 5.82. The predicted molar refractivity (Wildman–Crippen MR) is 37.5 cm³/mol. The minimum Gasteiger partial charge on any atom is -0.438 e. The summed E-state index contributed by atoms with van der Waals surface area (Å²) in [5.74, 6) is -0.492. The molecule has 0 atom stereocenters. The third-order valence-corrected chi connectivity index (χ3v) is 1.44. The first-order chi connectivity index (χ1) is 5.81. The molecule has 12 heavy (non-hydrogen) atoms. The highest BCUT2D eigenvalue weighted by Crippen LogP contribution is 2.12. The highest BCUT2D eigenvalue weighted by Gasteiger charge is 1.99. The number of hydrogen-bond acceptors (Lipinski definition) is 3. The van der Waals surface area contributed by atoms with Crippen molar-refractivity contribution in [1.82, 2.24) is 15.2 Å². The van der Waals surface area contributed by atoms with Crippen molar-refractivity contribution in [2.75, 3.05) is 0 Å². The van der Waals surface area contributed by atoms with Crippen LogP contribution in [-0.4, -0.2) is 10.1 Å². The van der Waals surface area contributed by atoms with Gasteiger partial charge in [0.1, 0.15) is 17.6 Å². The van der Waals surface area contributed by atoms with Gasteiger partial charge in [-0.1, -0.05) is 0 Å². The molecule has 0 fully saturated rings. The van der Waals surface area contributed by atoms with E-state index in [1.54, 1.807) is 6.07 Å². The number of aromatic nitrogens is 3. The number of nitriles is 1. The molecule has 0 saturated heterocycles. The van der Waals surface area contributed by atoms with E-state index in [4.69, 9.17) is 5.26 Å². The second-order valence-electron chi connectivity index (χ2n) is 2.19. The molecule has 0 aromatic carbocycles. The Morgan fingerprint density at radius 1 is 1.58 bits per heavy atom. The number of nitrogens with zero attached hydrogens (tertiary/aromatic N) is 4. The zero-order valence-electron chi connectivity index (χ0n) is 5.82. The van der Waals surface area contributed by atoms with Crippen LogP contribution in [0.2, 0.25) is 0 Å². The summed E-state index contributed by atoms with van der Waals surface area (Å²) >= 11 is 0. The van der Waals surface area contributed by atoms with Crippen LogP contribution in [0.5, 0.6) is 0 Å². The first kappa shape index (κ1) is 6.73. The normalized spacial score (nSPS) is 10.0. The van der Waals surface area contributed by atoms with Crippen LogP contribution in [0.1, 0.15) is 5.69 Å².